The van der Waals surface area contributed by atoms with E-state index in [1.54, 1.807) is 12.1 Å². The molecular formula is C11H13N8O5P. The predicted octanol–water partition coefficient (Wildman–Crippen LogP) is -0.667. The molecule has 1 aliphatic rings. The van der Waals surface area contributed by atoms with E-state index in [2.05, 4.69) is 20.9 Å². The van der Waals surface area contributed by atoms with Gasteiger partial charge >= 0.3 is 7.82 Å². The number of aromatic nitrogens is 3. The van der Waals surface area contributed by atoms with Gasteiger partial charge in [0.25, 0.3) is 5.91 Å². The van der Waals surface area contributed by atoms with Crippen LogP contribution in [0, 0.1) is 5.41 Å². The molecule has 2 aromatic rings. The Balaban J connectivity index is 1.72. The Labute approximate surface area is 140 Å². The van der Waals surface area contributed by atoms with Crippen molar-refractivity contribution in [3.63, 3.8) is 0 Å². The van der Waals surface area contributed by atoms with Crippen LogP contribution in [0.2, 0.25) is 0 Å². The maximum atomic E-state index is 12.5. The first-order valence-electron chi connectivity index (χ1n) is 6.69. The van der Waals surface area contributed by atoms with Gasteiger partial charge in [0.05, 0.1) is 12.3 Å². The van der Waals surface area contributed by atoms with Crippen LogP contribution < -0.4 is 31.5 Å². The fraction of sp³-hybridized carbons (Fsp3) is 0.0909. The van der Waals surface area contributed by atoms with Gasteiger partial charge in [0.15, 0.2) is 6.33 Å². The molecule has 0 spiro atoms. The van der Waals surface area contributed by atoms with Crippen LogP contribution >= 0.6 is 7.82 Å². The lowest BCUT2D eigenvalue weighted by Gasteiger charge is -2.24. The van der Waals surface area contributed by atoms with Crippen molar-refractivity contribution in [1.29, 1.82) is 5.41 Å². The van der Waals surface area contributed by atoms with Crippen LogP contribution in [0.1, 0.15) is 16.2 Å². The van der Waals surface area contributed by atoms with Crippen LogP contribution in [-0.2, 0) is 15.7 Å². The lowest BCUT2D eigenvalue weighted by Crippen LogP contribution is -2.34. The van der Waals surface area contributed by atoms with Gasteiger partial charge < -0.3 is 16.0 Å². The first-order valence-corrected chi connectivity index (χ1v) is 8.15. The predicted molar refractivity (Wildman–Crippen MR) is 83.3 cm³/mol. The van der Waals surface area contributed by atoms with Crippen LogP contribution in [0.25, 0.3) is 0 Å². The monoisotopic (exact) mass is 368 g/mol. The number of benzene rings is 1. The van der Waals surface area contributed by atoms with Crippen molar-refractivity contribution in [2.45, 2.75) is 6.61 Å². The number of anilines is 1. The third-order valence-corrected chi connectivity index (χ3v) is 4.10. The smallest absolute Gasteiger partial charge is 0.394 e. The summed E-state index contributed by atoms with van der Waals surface area (Å²) in [7, 11) is -4.01. The van der Waals surface area contributed by atoms with Crippen molar-refractivity contribution in [1.82, 2.24) is 20.4 Å². The number of hydrogen-bond donors (Lipinski definition) is 5. The molecule has 0 saturated carbocycles. The number of rotatable bonds is 5. The van der Waals surface area contributed by atoms with E-state index in [-0.39, 0.29) is 24.1 Å². The molecule has 14 heteroatoms. The summed E-state index contributed by atoms with van der Waals surface area (Å²) in [6, 6.07) is 4.79. The minimum atomic E-state index is -4.01. The van der Waals surface area contributed by atoms with E-state index in [0.717, 1.165) is 6.33 Å². The molecular weight excluding hydrogens is 355 g/mol. The molecule has 132 valence electrons. The molecule has 0 saturated heterocycles. The van der Waals surface area contributed by atoms with Crippen molar-refractivity contribution in [2.75, 3.05) is 5.43 Å². The van der Waals surface area contributed by atoms with Gasteiger partial charge in [0, 0.05) is 5.56 Å². The number of guanidine groups is 1. The van der Waals surface area contributed by atoms with Gasteiger partial charge in [-0.1, -0.05) is 4.85 Å². The summed E-state index contributed by atoms with van der Waals surface area (Å²) in [5.74, 6) is -1.15. The molecule has 1 aromatic carbocycles. The van der Waals surface area contributed by atoms with E-state index in [1.807, 2.05) is 0 Å². The summed E-state index contributed by atoms with van der Waals surface area (Å²) in [5, 5.41) is 10.7. The molecule has 0 radical (unpaired) electrons. The summed E-state index contributed by atoms with van der Waals surface area (Å²) in [4.78, 5) is 15.2. The fourth-order valence-corrected chi connectivity index (χ4v) is 2.97. The van der Waals surface area contributed by atoms with Crippen molar-refractivity contribution in [3.05, 3.63) is 35.9 Å². The molecule has 25 heavy (non-hydrogen) atoms. The number of fused-ring (bicyclic) bond motifs is 1. The number of carbonyl (C=O) groups excluding carboxylic acids is 1. The fourth-order valence-electron chi connectivity index (χ4n) is 1.84. The van der Waals surface area contributed by atoms with Gasteiger partial charge in [-0.05, 0) is 18.2 Å². The molecule has 13 nitrogen and oxygen atoms in total. The molecule has 1 unspecified atom stereocenters. The number of carbonyl (C=O) groups is 1. The average molecular weight is 368 g/mol. The van der Waals surface area contributed by atoms with Crippen LogP contribution in [0.3, 0.4) is 0 Å². The Morgan fingerprint density at radius 2 is 2.24 bits per heavy atom. The summed E-state index contributed by atoms with van der Waals surface area (Å²) in [5.41, 5.74) is 16.5. The largest absolute Gasteiger partial charge is 0.608 e. The van der Waals surface area contributed by atoms with Gasteiger partial charge in [0.1, 0.15) is 5.75 Å². The van der Waals surface area contributed by atoms with Gasteiger partial charge in [-0.2, -0.15) is 0 Å². The SMILES string of the molecule is N=C(N)NNc1ccc2c(c1)COP(=O)(On1cnc(C(N)=O)n1)O2. The average Bonchev–Trinajstić information content (AvgIpc) is 3.01. The van der Waals surface area contributed by atoms with E-state index in [9.17, 15) is 9.36 Å². The van der Waals surface area contributed by atoms with Crippen molar-refractivity contribution >= 4 is 25.4 Å². The summed E-state index contributed by atoms with van der Waals surface area (Å²) in [6.07, 6.45) is 1.00. The highest BCUT2D eigenvalue weighted by atomic mass is 31.2. The first kappa shape index (κ1) is 16.5. The van der Waals surface area contributed by atoms with E-state index >= 15 is 0 Å². The zero-order chi connectivity index (χ0) is 18.0. The maximum Gasteiger partial charge on any atom is 0.608 e. The maximum absolute atomic E-state index is 12.5. The van der Waals surface area contributed by atoms with Crippen LogP contribution in [0.4, 0.5) is 5.69 Å². The van der Waals surface area contributed by atoms with E-state index in [0.29, 0.717) is 16.1 Å². The lowest BCUT2D eigenvalue weighted by molar-refractivity contribution is 0.0964. The molecule has 1 aliphatic heterocycles. The number of amides is 1. The first-order chi connectivity index (χ1) is 11.8. The van der Waals surface area contributed by atoms with E-state index in [1.165, 1.54) is 6.07 Å². The van der Waals surface area contributed by atoms with Crippen LogP contribution in [-0.4, -0.2) is 26.8 Å². The molecule has 7 N–H and O–H groups in total. The topological polar surface area (TPSA) is 192 Å². The van der Waals surface area contributed by atoms with Gasteiger partial charge in [-0.15, -0.1) is 5.10 Å². The lowest BCUT2D eigenvalue weighted by atomic mass is 10.2. The zero-order valence-corrected chi connectivity index (χ0v) is 13.4. The molecule has 1 atom stereocenters. The normalized spacial score (nSPS) is 18.6. The van der Waals surface area contributed by atoms with Crippen LogP contribution in [0.5, 0.6) is 5.75 Å². The Kier molecular flexibility index (Phi) is 4.17. The summed E-state index contributed by atoms with van der Waals surface area (Å²) < 4.78 is 27.9. The third kappa shape index (κ3) is 3.79. The van der Waals surface area contributed by atoms with E-state index in [4.69, 9.17) is 30.5 Å². The number of primary amides is 1. The van der Waals surface area contributed by atoms with Crippen molar-refractivity contribution in [2.24, 2.45) is 11.5 Å². The van der Waals surface area contributed by atoms with Crippen LogP contribution in [0.15, 0.2) is 24.5 Å². The third-order valence-electron chi connectivity index (χ3n) is 2.87. The number of phosphoric ester groups is 1. The highest BCUT2D eigenvalue weighted by Crippen LogP contribution is 2.52. The van der Waals surface area contributed by atoms with Gasteiger partial charge in [0.2, 0.25) is 11.8 Å². The van der Waals surface area contributed by atoms with Crippen molar-refractivity contribution in [3.8, 4) is 5.75 Å². The molecule has 3 rings (SSSR count). The number of hydrogen-bond acceptors (Lipinski definition) is 9. The number of nitrogens with one attached hydrogen (secondary N) is 3. The molecule has 0 aliphatic carbocycles. The number of nitrogens with two attached hydrogens (primary N) is 2. The second-order valence-corrected chi connectivity index (χ2v) is 6.21. The summed E-state index contributed by atoms with van der Waals surface area (Å²) >= 11 is 0. The van der Waals surface area contributed by atoms with Gasteiger partial charge in [-0.25, -0.2) is 9.55 Å². The van der Waals surface area contributed by atoms with Gasteiger partial charge in [-0.3, -0.25) is 30.2 Å². The molecule has 0 fully saturated rings. The molecule has 1 amide bonds. The minimum Gasteiger partial charge on any atom is -0.394 e. The van der Waals surface area contributed by atoms with E-state index < -0.39 is 13.7 Å². The standard InChI is InChI=1S/C11H13N8O5P/c12-9(20)10-15-5-19(18-10)24-25(21)22-4-6-3-7(16-17-11(13)14)1-2-8(6)23-25/h1-3,5,16H,4H2,(H2,12,20)(H4,13,14,17). The molecule has 2 heterocycles. The molecule has 0 bridgehead atoms. The molecule has 1 aromatic heterocycles. The Morgan fingerprint density at radius 3 is 2.92 bits per heavy atom. The number of phosphoric acid groups is 1. The second kappa shape index (κ2) is 6.30. The van der Waals surface area contributed by atoms with Crippen molar-refractivity contribution < 1.29 is 23.0 Å². The zero-order valence-electron chi connectivity index (χ0n) is 12.5. The second-order valence-electron chi connectivity index (χ2n) is 4.71. The Hall–Kier alpha value is -3.31. The quantitative estimate of drug-likeness (QED) is 0.196. The minimum absolute atomic E-state index is 0.0699. The number of nitrogens with zero attached hydrogens (tertiary/aromatic N) is 3. The number of hydrazine groups is 1. The highest BCUT2D eigenvalue weighted by molar-refractivity contribution is 7.49. The summed E-state index contributed by atoms with van der Waals surface area (Å²) in [6.45, 7) is -0.0699. The Morgan fingerprint density at radius 1 is 1.44 bits per heavy atom. The highest BCUT2D eigenvalue weighted by Gasteiger charge is 2.37. The Bertz CT molecular complexity index is 883.